The number of hydrogen-bond acceptors (Lipinski definition) is 7. The number of nitrogens with one attached hydrogen (secondary N) is 1. The molecule has 0 saturated carbocycles. The molecule has 0 aliphatic carbocycles. The second kappa shape index (κ2) is 7.82. The van der Waals surface area contributed by atoms with Crippen molar-refractivity contribution in [3.8, 4) is 0 Å². The van der Waals surface area contributed by atoms with Gasteiger partial charge in [0.25, 0.3) is 11.2 Å². The number of carbonyl (C=O) groups is 1. The van der Waals surface area contributed by atoms with Crippen LogP contribution in [0.25, 0.3) is 10.3 Å². The molecule has 0 unspecified atom stereocenters. The monoisotopic (exact) mass is 417 g/mol. The van der Waals surface area contributed by atoms with Crippen LogP contribution in [0.4, 0.5) is 11.4 Å². The van der Waals surface area contributed by atoms with Gasteiger partial charge in [0.15, 0.2) is 9.60 Å². The van der Waals surface area contributed by atoms with E-state index in [1.54, 1.807) is 23.6 Å². The van der Waals surface area contributed by atoms with Gasteiger partial charge in [0.1, 0.15) is 23.3 Å². The van der Waals surface area contributed by atoms with Crippen molar-refractivity contribution >= 4 is 51.2 Å². The fourth-order valence-electron chi connectivity index (χ4n) is 2.62. The zero-order chi connectivity index (χ0) is 20.4. The van der Waals surface area contributed by atoms with Gasteiger partial charge in [0.05, 0.1) is 4.92 Å². The molecule has 0 aliphatic rings. The van der Waals surface area contributed by atoms with Gasteiger partial charge in [-0.1, -0.05) is 23.5 Å². The number of benzene rings is 1. The molecule has 0 saturated heterocycles. The van der Waals surface area contributed by atoms with Crippen molar-refractivity contribution in [3.05, 3.63) is 67.2 Å². The Labute approximate surface area is 167 Å². The normalized spacial score (nSPS) is 10.8. The van der Waals surface area contributed by atoms with Crippen molar-refractivity contribution in [1.29, 1.82) is 0 Å². The van der Waals surface area contributed by atoms with Crippen LogP contribution in [0.2, 0.25) is 0 Å². The predicted molar refractivity (Wildman–Crippen MR) is 109 cm³/mol. The van der Waals surface area contributed by atoms with Gasteiger partial charge in [-0.05, 0) is 30.8 Å². The van der Waals surface area contributed by atoms with Crippen molar-refractivity contribution in [2.24, 2.45) is 0 Å². The minimum absolute atomic E-state index is 0.0653. The second-order valence-electron chi connectivity index (χ2n) is 5.92. The Morgan fingerprint density at radius 3 is 2.93 bits per heavy atom. The lowest BCUT2D eigenvalue weighted by Crippen LogP contribution is -2.28. The van der Waals surface area contributed by atoms with E-state index in [0.717, 1.165) is 15.9 Å². The van der Waals surface area contributed by atoms with Crippen LogP contribution in [0.1, 0.15) is 5.56 Å². The Bertz CT molecular complexity index is 1220. The second-order valence-corrected chi connectivity index (χ2v) is 7.57. The Kier molecular flexibility index (Phi) is 5.47. The molecule has 0 fully saturated rings. The Morgan fingerprint density at radius 1 is 1.50 bits per heavy atom. The number of aromatic nitrogens is 3. The smallest absolute Gasteiger partial charge is 0.293 e. The van der Waals surface area contributed by atoms with Gasteiger partial charge in [-0.3, -0.25) is 24.3 Å². The van der Waals surface area contributed by atoms with Gasteiger partial charge in [-0.15, -0.1) is 6.58 Å². The van der Waals surface area contributed by atoms with Gasteiger partial charge in [0, 0.05) is 12.6 Å². The molecule has 2 aromatic heterocycles. The summed E-state index contributed by atoms with van der Waals surface area (Å²) in [4.78, 5) is 39.8. The number of nitrogens with zero attached hydrogens (tertiary/aromatic N) is 4. The van der Waals surface area contributed by atoms with E-state index >= 15 is 0 Å². The number of anilines is 1. The van der Waals surface area contributed by atoms with E-state index < -0.39 is 16.4 Å². The van der Waals surface area contributed by atoms with E-state index in [1.165, 1.54) is 18.5 Å². The molecule has 0 aliphatic heterocycles. The predicted octanol–water partition coefficient (Wildman–Crippen LogP) is 3.03. The number of fused-ring (bicyclic) bond motifs is 1. The number of hydrogen-bond donors (Lipinski definition) is 1. The van der Waals surface area contributed by atoms with Crippen molar-refractivity contribution in [2.75, 3.05) is 5.32 Å². The molecule has 2 heterocycles. The molecule has 1 N–H and O–H groups in total. The van der Waals surface area contributed by atoms with Crippen LogP contribution in [0, 0.1) is 21.0 Å². The summed E-state index contributed by atoms with van der Waals surface area (Å²) in [6, 6.07) is 4.47. The first kappa shape index (κ1) is 19.6. The highest BCUT2D eigenvalue weighted by atomic mass is 32.1. The number of aryl methyl sites for hydroxylation is 1. The van der Waals surface area contributed by atoms with E-state index in [4.69, 9.17) is 12.2 Å². The van der Waals surface area contributed by atoms with Crippen molar-refractivity contribution in [1.82, 2.24) is 14.1 Å². The van der Waals surface area contributed by atoms with Crippen LogP contribution in [0.5, 0.6) is 0 Å². The molecular formula is C17H15N5O4S2. The number of carbonyl (C=O) groups excluding carboxylic acids is 1. The molecule has 9 nitrogen and oxygen atoms in total. The van der Waals surface area contributed by atoms with E-state index in [1.807, 2.05) is 0 Å². The Morgan fingerprint density at radius 2 is 2.25 bits per heavy atom. The molecule has 144 valence electrons. The molecule has 28 heavy (non-hydrogen) atoms. The van der Waals surface area contributed by atoms with E-state index in [2.05, 4.69) is 16.9 Å². The summed E-state index contributed by atoms with van der Waals surface area (Å²) in [6.45, 7) is 5.46. The molecule has 11 heteroatoms. The van der Waals surface area contributed by atoms with Crippen molar-refractivity contribution < 1.29 is 9.72 Å². The number of allylic oxidation sites excluding steroid dienone is 1. The standard InChI is InChI=1S/C17H15N5O4S2/c1-3-6-21-15-14(28-17(21)27)16(24)20(9-18-15)8-13(23)19-11-5-4-10(2)7-12(11)22(25)26/h3-5,7,9H,1,6,8H2,2H3,(H,19,23). The molecule has 0 bridgehead atoms. The fourth-order valence-corrected chi connectivity index (χ4v) is 3.93. The summed E-state index contributed by atoms with van der Waals surface area (Å²) < 4.78 is 3.64. The van der Waals surface area contributed by atoms with Gasteiger partial charge in [-0.25, -0.2) is 4.98 Å². The molecule has 1 amide bonds. The summed E-state index contributed by atoms with van der Waals surface area (Å²) in [5, 5.41) is 13.6. The third-order valence-corrected chi connectivity index (χ3v) is 5.32. The Balaban J connectivity index is 1.89. The number of nitro groups is 1. The highest BCUT2D eigenvalue weighted by Gasteiger charge is 2.17. The lowest BCUT2D eigenvalue weighted by atomic mass is 10.2. The summed E-state index contributed by atoms with van der Waals surface area (Å²) in [6.07, 6.45) is 2.91. The van der Waals surface area contributed by atoms with Crippen LogP contribution in [0.3, 0.4) is 0 Å². The molecule has 0 radical (unpaired) electrons. The van der Waals surface area contributed by atoms with Crippen LogP contribution in [-0.2, 0) is 17.9 Å². The summed E-state index contributed by atoms with van der Waals surface area (Å²) >= 11 is 6.36. The van der Waals surface area contributed by atoms with Crippen LogP contribution >= 0.6 is 23.6 Å². The summed E-state index contributed by atoms with van der Waals surface area (Å²) in [5.41, 5.74) is 0.577. The van der Waals surface area contributed by atoms with E-state index in [-0.39, 0.29) is 17.9 Å². The van der Waals surface area contributed by atoms with Crippen molar-refractivity contribution in [2.45, 2.75) is 20.0 Å². The lowest BCUT2D eigenvalue weighted by Gasteiger charge is -2.08. The minimum Gasteiger partial charge on any atom is -0.319 e. The summed E-state index contributed by atoms with van der Waals surface area (Å²) in [7, 11) is 0. The molecular weight excluding hydrogens is 402 g/mol. The highest BCUT2D eigenvalue weighted by molar-refractivity contribution is 7.73. The number of thiazole rings is 1. The SMILES string of the molecule is C=CCn1c(=S)sc2c(=O)n(CC(=O)Nc3ccc(C)cc3[N+](=O)[O-])cnc21. The lowest BCUT2D eigenvalue weighted by molar-refractivity contribution is -0.384. The number of rotatable bonds is 6. The zero-order valence-electron chi connectivity index (χ0n) is 14.7. The Hall–Kier alpha value is -3.18. The molecule has 0 atom stereocenters. The van der Waals surface area contributed by atoms with Crippen LogP contribution in [0.15, 0.2) is 42.0 Å². The first-order valence-electron chi connectivity index (χ1n) is 8.06. The molecule has 0 spiro atoms. The fraction of sp³-hybridized carbons (Fsp3) is 0.176. The van der Waals surface area contributed by atoms with Crippen molar-refractivity contribution in [3.63, 3.8) is 0 Å². The van der Waals surface area contributed by atoms with E-state index in [9.17, 15) is 19.7 Å². The summed E-state index contributed by atoms with van der Waals surface area (Å²) in [5.74, 6) is -0.579. The number of amides is 1. The average Bonchev–Trinajstić information content (AvgIpc) is 2.96. The highest BCUT2D eigenvalue weighted by Crippen LogP contribution is 2.25. The first-order chi connectivity index (χ1) is 13.3. The quantitative estimate of drug-likeness (QED) is 0.286. The first-order valence-corrected chi connectivity index (χ1v) is 9.29. The van der Waals surface area contributed by atoms with Gasteiger partial charge < -0.3 is 9.88 Å². The largest absolute Gasteiger partial charge is 0.319 e. The third kappa shape index (κ3) is 3.75. The maximum Gasteiger partial charge on any atom is 0.293 e. The van der Waals surface area contributed by atoms with Gasteiger partial charge >= 0.3 is 0 Å². The maximum atomic E-state index is 12.7. The topological polar surface area (TPSA) is 112 Å². The average molecular weight is 417 g/mol. The maximum absolute atomic E-state index is 12.7. The van der Waals surface area contributed by atoms with Crippen LogP contribution in [-0.4, -0.2) is 24.9 Å². The molecule has 3 aromatic rings. The molecule has 1 aromatic carbocycles. The van der Waals surface area contributed by atoms with Crippen LogP contribution < -0.4 is 10.9 Å². The van der Waals surface area contributed by atoms with Gasteiger partial charge in [-0.2, -0.15) is 0 Å². The van der Waals surface area contributed by atoms with Gasteiger partial charge in [0.2, 0.25) is 5.91 Å². The molecule has 3 rings (SSSR count). The third-order valence-electron chi connectivity index (χ3n) is 3.89. The zero-order valence-corrected chi connectivity index (χ0v) is 16.4. The van der Waals surface area contributed by atoms with E-state index in [0.29, 0.717) is 26.4 Å². The minimum atomic E-state index is -0.579. The number of nitro benzene ring substituents is 1.